The van der Waals surface area contributed by atoms with Crippen molar-refractivity contribution in [3.05, 3.63) is 6.92 Å². The zero-order valence-electron chi connectivity index (χ0n) is 8.89. The van der Waals surface area contributed by atoms with Crippen LogP contribution in [0.3, 0.4) is 0 Å². The van der Waals surface area contributed by atoms with Crippen molar-refractivity contribution in [3.63, 3.8) is 0 Å². The lowest BCUT2D eigenvalue weighted by Gasteiger charge is -2.32. The molecule has 0 aliphatic carbocycles. The highest BCUT2D eigenvalue weighted by Crippen LogP contribution is 2.20. The van der Waals surface area contributed by atoms with Crippen molar-refractivity contribution < 1.29 is 9.47 Å². The van der Waals surface area contributed by atoms with E-state index in [1.165, 1.54) is 0 Å². The van der Waals surface area contributed by atoms with Crippen molar-refractivity contribution in [2.45, 2.75) is 59.0 Å². The van der Waals surface area contributed by atoms with E-state index in [0.29, 0.717) is 0 Å². The van der Waals surface area contributed by atoms with Crippen molar-refractivity contribution in [3.8, 4) is 0 Å². The zero-order valence-corrected chi connectivity index (χ0v) is 8.89. The Morgan fingerprint density at radius 2 is 1.42 bits per heavy atom. The van der Waals surface area contributed by atoms with Gasteiger partial charge in [0, 0.05) is 6.92 Å². The standard InChI is InChI=1S/C10H21O2/c1-7-10(6,11-8(2)3)12-9(4)5/h8-9H,6-7H2,1-5H3. The summed E-state index contributed by atoms with van der Waals surface area (Å²) in [4.78, 5) is 0. The average Bonchev–Trinajstić information content (AvgIpc) is 1.83. The molecule has 73 valence electrons. The van der Waals surface area contributed by atoms with Crippen LogP contribution < -0.4 is 0 Å². The van der Waals surface area contributed by atoms with Gasteiger partial charge in [0.15, 0.2) is 5.79 Å². The predicted octanol–water partition coefficient (Wildman–Crippen LogP) is 2.78. The summed E-state index contributed by atoms with van der Waals surface area (Å²) in [6.45, 7) is 13.9. The van der Waals surface area contributed by atoms with E-state index in [4.69, 9.17) is 9.47 Å². The van der Waals surface area contributed by atoms with Crippen molar-refractivity contribution >= 4 is 0 Å². The Hall–Kier alpha value is -0.0800. The predicted molar refractivity (Wildman–Crippen MR) is 50.8 cm³/mol. The summed E-state index contributed by atoms with van der Waals surface area (Å²) in [6, 6.07) is 0. The molecule has 0 atom stereocenters. The van der Waals surface area contributed by atoms with Gasteiger partial charge in [-0.05, 0) is 34.1 Å². The molecule has 0 aromatic carbocycles. The first-order chi connectivity index (χ1) is 5.39. The van der Waals surface area contributed by atoms with Gasteiger partial charge >= 0.3 is 0 Å². The van der Waals surface area contributed by atoms with E-state index in [1.807, 2.05) is 34.6 Å². The third kappa shape index (κ3) is 4.73. The molecular weight excluding hydrogens is 152 g/mol. The third-order valence-corrected chi connectivity index (χ3v) is 1.44. The SMILES string of the molecule is [CH2]C(CC)(OC(C)C)OC(C)C. The molecule has 0 saturated heterocycles. The summed E-state index contributed by atoms with van der Waals surface area (Å²) in [5.41, 5.74) is 0. The Morgan fingerprint density at radius 1 is 1.08 bits per heavy atom. The van der Waals surface area contributed by atoms with Crippen molar-refractivity contribution in [1.82, 2.24) is 0 Å². The molecule has 0 bridgehead atoms. The van der Waals surface area contributed by atoms with Gasteiger partial charge in [-0.1, -0.05) is 6.92 Å². The van der Waals surface area contributed by atoms with Gasteiger partial charge in [0.2, 0.25) is 0 Å². The average molecular weight is 173 g/mol. The van der Waals surface area contributed by atoms with Crippen LogP contribution in [0, 0.1) is 6.92 Å². The summed E-state index contributed by atoms with van der Waals surface area (Å²) in [7, 11) is 0. The molecule has 0 aliphatic heterocycles. The molecule has 2 heteroatoms. The van der Waals surface area contributed by atoms with E-state index < -0.39 is 5.79 Å². The molecule has 12 heavy (non-hydrogen) atoms. The Morgan fingerprint density at radius 3 is 1.58 bits per heavy atom. The number of rotatable bonds is 5. The van der Waals surface area contributed by atoms with Crippen molar-refractivity contribution in [2.75, 3.05) is 0 Å². The molecule has 0 fully saturated rings. The highest BCUT2D eigenvalue weighted by molar-refractivity contribution is 4.72. The third-order valence-electron chi connectivity index (χ3n) is 1.44. The fourth-order valence-corrected chi connectivity index (χ4v) is 1.05. The highest BCUT2D eigenvalue weighted by Gasteiger charge is 2.26. The monoisotopic (exact) mass is 173 g/mol. The van der Waals surface area contributed by atoms with Crippen LogP contribution in [-0.4, -0.2) is 18.0 Å². The zero-order chi connectivity index (χ0) is 9.78. The minimum atomic E-state index is -0.664. The smallest absolute Gasteiger partial charge is 0.168 e. The molecule has 0 heterocycles. The van der Waals surface area contributed by atoms with Crippen LogP contribution in [0.25, 0.3) is 0 Å². The van der Waals surface area contributed by atoms with E-state index in [0.717, 1.165) is 6.42 Å². The molecule has 0 aromatic rings. The van der Waals surface area contributed by atoms with E-state index in [1.54, 1.807) is 0 Å². The first kappa shape index (κ1) is 11.9. The molecular formula is C10H21O2. The Balaban J connectivity index is 4.04. The van der Waals surface area contributed by atoms with Crippen LogP contribution >= 0.6 is 0 Å². The first-order valence-electron chi connectivity index (χ1n) is 4.60. The van der Waals surface area contributed by atoms with E-state index >= 15 is 0 Å². The van der Waals surface area contributed by atoms with E-state index in [-0.39, 0.29) is 12.2 Å². The second-order valence-corrected chi connectivity index (χ2v) is 3.60. The molecule has 0 aromatic heterocycles. The van der Waals surface area contributed by atoms with Crippen molar-refractivity contribution in [1.29, 1.82) is 0 Å². The molecule has 0 N–H and O–H groups in total. The van der Waals surface area contributed by atoms with Gasteiger partial charge in [-0.3, -0.25) is 0 Å². The van der Waals surface area contributed by atoms with E-state index in [2.05, 4.69) is 6.92 Å². The maximum absolute atomic E-state index is 5.56. The molecule has 2 nitrogen and oxygen atoms in total. The summed E-state index contributed by atoms with van der Waals surface area (Å²) < 4.78 is 11.1. The topological polar surface area (TPSA) is 18.5 Å². The van der Waals surface area contributed by atoms with Gasteiger partial charge in [-0.15, -0.1) is 0 Å². The fraction of sp³-hybridized carbons (Fsp3) is 0.900. The number of hydrogen-bond donors (Lipinski definition) is 0. The second-order valence-electron chi connectivity index (χ2n) is 3.60. The van der Waals surface area contributed by atoms with Gasteiger partial charge in [-0.25, -0.2) is 0 Å². The Labute approximate surface area is 76.3 Å². The van der Waals surface area contributed by atoms with Crippen LogP contribution in [0.2, 0.25) is 0 Å². The van der Waals surface area contributed by atoms with Gasteiger partial charge in [0.25, 0.3) is 0 Å². The van der Waals surface area contributed by atoms with Crippen LogP contribution in [0.1, 0.15) is 41.0 Å². The maximum Gasteiger partial charge on any atom is 0.168 e. The lowest BCUT2D eigenvalue weighted by molar-refractivity contribution is -0.241. The number of hydrogen-bond acceptors (Lipinski definition) is 2. The van der Waals surface area contributed by atoms with Gasteiger partial charge in [-0.2, -0.15) is 0 Å². The molecule has 0 saturated carbocycles. The maximum atomic E-state index is 5.56. The lowest BCUT2D eigenvalue weighted by Crippen LogP contribution is -2.36. The molecule has 1 radical (unpaired) electrons. The van der Waals surface area contributed by atoms with Crippen LogP contribution in [-0.2, 0) is 9.47 Å². The summed E-state index contributed by atoms with van der Waals surface area (Å²) in [5.74, 6) is -0.664. The lowest BCUT2D eigenvalue weighted by atomic mass is 10.2. The fourth-order valence-electron chi connectivity index (χ4n) is 1.05. The quantitative estimate of drug-likeness (QED) is 0.595. The normalized spacial score (nSPS) is 13.0. The van der Waals surface area contributed by atoms with Crippen LogP contribution in [0.5, 0.6) is 0 Å². The summed E-state index contributed by atoms with van der Waals surface area (Å²) in [5, 5.41) is 0. The Kier molecular flexibility index (Phi) is 4.80. The second kappa shape index (κ2) is 4.83. The van der Waals surface area contributed by atoms with Gasteiger partial charge < -0.3 is 9.47 Å². The van der Waals surface area contributed by atoms with Gasteiger partial charge in [0.1, 0.15) is 0 Å². The Bertz CT molecular complexity index is 109. The molecule has 0 rings (SSSR count). The molecule has 0 amide bonds. The highest BCUT2D eigenvalue weighted by atomic mass is 16.7. The summed E-state index contributed by atoms with van der Waals surface area (Å²) >= 11 is 0. The minimum absolute atomic E-state index is 0.154. The largest absolute Gasteiger partial charge is 0.347 e. The molecule has 0 unspecified atom stereocenters. The van der Waals surface area contributed by atoms with E-state index in [9.17, 15) is 0 Å². The summed E-state index contributed by atoms with van der Waals surface area (Å²) in [6.07, 6.45) is 1.07. The number of ether oxygens (including phenoxy) is 2. The van der Waals surface area contributed by atoms with Crippen LogP contribution in [0.4, 0.5) is 0 Å². The van der Waals surface area contributed by atoms with Gasteiger partial charge in [0.05, 0.1) is 12.2 Å². The van der Waals surface area contributed by atoms with Crippen LogP contribution in [0.15, 0.2) is 0 Å². The molecule has 0 aliphatic rings. The first-order valence-corrected chi connectivity index (χ1v) is 4.60. The van der Waals surface area contributed by atoms with Crippen molar-refractivity contribution in [2.24, 2.45) is 0 Å². The molecule has 0 spiro atoms. The minimum Gasteiger partial charge on any atom is -0.347 e.